The molecule has 3 rings (SSSR count). The molecule has 25 heavy (non-hydrogen) atoms. The van der Waals surface area contributed by atoms with Crippen LogP contribution in [0.4, 0.5) is 0 Å². The zero-order valence-corrected chi connectivity index (χ0v) is 15.2. The lowest BCUT2D eigenvalue weighted by atomic mass is 10.1. The van der Waals surface area contributed by atoms with Gasteiger partial charge in [-0.25, -0.2) is 0 Å². The molecule has 0 bridgehead atoms. The van der Waals surface area contributed by atoms with Gasteiger partial charge in [-0.2, -0.15) is 5.10 Å². The SMILES string of the molecule is Cc1ccc(OC2CCN(C(=O)CCSc3ccccc3)CC2)nn1. The van der Waals surface area contributed by atoms with Crippen molar-refractivity contribution in [1.82, 2.24) is 15.1 Å². The highest BCUT2D eigenvalue weighted by atomic mass is 32.2. The Labute approximate surface area is 152 Å². The Kier molecular flexibility index (Phi) is 6.28. The minimum atomic E-state index is 0.111. The number of thioether (sulfide) groups is 1. The van der Waals surface area contributed by atoms with Crippen LogP contribution in [0.15, 0.2) is 47.4 Å². The molecule has 1 fully saturated rings. The van der Waals surface area contributed by atoms with Crippen LogP contribution in [0, 0.1) is 6.92 Å². The molecular formula is C19H23N3O2S. The van der Waals surface area contributed by atoms with Gasteiger partial charge in [0.05, 0.1) is 5.69 Å². The molecule has 0 radical (unpaired) electrons. The summed E-state index contributed by atoms with van der Waals surface area (Å²) in [4.78, 5) is 15.5. The molecule has 132 valence electrons. The summed E-state index contributed by atoms with van der Waals surface area (Å²) < 4.78 is 5.86. The summed E-state index contributed by atoms with van der Waals surface area (Å²) in [6.07, 6.45) is 2.37. The molecule has 0 unspecified atom stereocenters. The molecule has 0 atom stereocenters. The lowest BCUT2D eigenvalue weighted by molar-refractivity contribution is -0.132. The van der Waals surface area contributed by atoms with Crippen molar-refractivity contribution in [3.8, 4) is 5.88 Å². The number of aromatic nitrogens is 2. The van der Waals surface area contributed by atoms with Crippen molar-refractivity contribution in [3.05, 3.63) is 48.2 Å². The molecule has 1 aliphatic rings. The number of hydrogen-bond acceptors (Lipinski definition) is 5. The predicted octanol–water partition coefficient (Wildman–Crippen LogP) is 3.34. The van der Waals surface area contributed by atoms with Crippen molar-refractivity contribution in [2.75, 3.05) is 18.8 Å². The Morgan fingerprint density at radius 3 is 2.60 bits per heavy atom. The predicted molar refractivity (Wildman–Crippen MR) is 98.8 cm³/mol. The van der Waals surface area contributed by atoms with Crippen LogP contribution in [0.2, 0.25) is 0 Å². The average Bonchev–Trinajstić information content (AvgIpc) is 2.65. The molecule has 6 heteroatoms. The number of hydrogen-bond donors (Lipinski definition) is 0. The van der Waals surface area contributed by atoms with Gasteiger partial charge in [-0.3, -0.25) is 4.79 Å². The fourth-order valence-corrected chi connectivity index (χ4v) is 3.64. The van der Waals surface area contributed by atoms with E-state index in [4.69, 9.17) is 4.74 Å². The van der Waals surface area contributed by atoms with Crippen LogP contribution in [0.5, 0.6) is 5.88 Å². The van der Waals surface area contributed by atoms with Gasteiger partial charge in [-0.05, 0) is 25.1 Å². The van der Waals surface area contributed by atoms with Gasteiger partial charge < -0.3 is 9.64 Å². The first-order valence-electron chi connectivity index (χ1n) is 8.63. The highest BCUT2D eigenvalue weighted by Gasteiger charge is 2.24. The molecule has 1 aromatic carbocycles. The molecule has 5 nitrogen and oxygen atoms in total. The van der Waals surface area contributed by atoms with E-state index in [1.165, 1.54) is 4.90 Å². The number of carbonyl (C=O) groups is 1. The molecule has 2 aromatic rings. The molecular weight excluding hydrogens is 334 g/mol. The van der Waals surface area contributed by atoms with E-state index in [2.05, 4.69) is 22.3 Å². The third-order valence-electron chi connectivity index (χ3n) is 4.18. The summed E-state index contributed by atoms with van der Waals surface area (Å²) in [6.45, 7) is 3.40. The number of rotatable bonds is 6. The molecule has 1 aliphatic heterocycles. The maximum atomic E-state index is 12.3. The largest absolute Gasteiger partial charge is 0.473 e. The van der Waals surface area contributed by atoms with Crippen molar-refractivity contribution in [3.63, 3.8) is 0 Å². The van der Waals surface area contributed by atoms with Crippen molar-refractivity contribution in [1.29, 1.82) is 0 Å². The second-order valence-electron chi connectivity index (χ2n) is 6.12. The van der Waals surface area contributed by atoms with Gasteiger partial charge in [-0.1, -0.05) is 18.2 Å². The van der Waals surface area contributed by atoms with Gasteiger partial charge in [0.1, 0.15) is 6.10 Å². The van der Waals surface area contributed by atoms with Crippen LogP contribution >= 0.6 is 11.8 Å². The number of nitrogens with zero attached hydrogens (tertiary/aromatic N) is 3. The first-order valence-corrected chi connectivity index (χ1v) is 9.62. The Bertz CT molecular complexity index is 671. The Hall–Kier alpha value is -2.08. The van der Waals surface area contributed by atoms with Crippen LogP contribution in [0.25, 0.3) is 0 Å². The fraction of sp³-hybridized carbons (Fsp3) is 0.421. The van der Waals surface area contributed by atoms with Gasteiger partial charge in [0.15, 0.2) is 0 Å². The molecule has 2 heterocycles. The van der Waals surface area contributed by atoms with E-state index in [9.17, 15) is 4.79 Å². The van der Waals surface area contributed by atoms with Gasteiger partial charge >= 0.3 is 0 Å². The minimum Gasteiger partial charge on any atom is -0.473 e. The topological polar surface area (TPSA) is 55.3 Å². The standard InChI is InChI=1S/C19H23N3O2S/c1-15-7-8-18(21-20-15)24-16-9-12-22(13-10-16)19(23)11-14-25-17-5-3-2-4-6-17/h2-8,16H,9-14H2,1H3. The lowest BCUT2D eigenvalue weighted by Gasteiger charge is -2.31. The van der Waals surface area contributed by atoms with E-state index in [1.54, 1.807) is 11.8 Å². The number of amides is 1. The normalized spacial score (nSPS) is 15.2. The number of aryl methyl sites for hydroxylation is 1. The maximum absolute atomic E-state index is 12.3. The number of ether oxygens (including phenoxy) is 1. The van der Waals surface area contributed by atoms with Gasteiger partial charge in [0.2, 0.25) is 11.8 Å². The van der Waals surface area contributed by atoms with Gasteiger partial charge in [0, 0.05) is 49.1 Å². The molecule has 0 spiro atoms. The number of piperidine rings is 1. The minimum absolute atomic E-state index is 0.111. The zero-order chi connectivity index (χ0) is 17.5. The molecule has 1 aromatic heterocycles. The van der Waals surface area contributed by atoms with E-state index < -0.39 is 0 Å². The highest BCUT2D eigenvalue weighted by Crippen LogP contribution is 2.20. The molecule has 1 saturated heterocycles. The first-order chi connectivity index (χ1) is 12.2. The van der Waals surface area contributed by atoms with Gasteiger partial charge in [0.25, 0.3) is 0 Å². The molecule has 0 N–H and O–H groups in total. The first kappa shape index (κ1) is 17.7. The van der Waals surface area contributed by atoms with E-state index in [-0.39, 0.29) is 12.0 Å². The maximum Gasteiger partial charge on any atom is 0.233 e. The summed E-state index contributed by atoms with van der Waals surface area (Å²) in [5.41, 5.74) is 0.876. The average molecular weight is 357 g/mol. The van der Waals surface area contributed by atoms with Crippen molar-refractivity contribution >= 4 is 17.7 Å². The summed E-state index contributed by atoms with van der Waals surface area (Å²) in [7, 11) is 0. The molecule has 0 saturated carbocycles. The van der Waals surface area contributed by atoms with Crippen LogP contribution < -0.4 is 4.74 Å². The highest BCUT2D eigenvalue weighted by molar-refractivity contribution is 7.99. The third kappa shape index (κ3) is 5.46. The van der Waals surface area contributed by atoms with Crippen LogP contribution in [-0.4, -0.2) is 46.0 Å². The van der Waals surface area contributed by atoms with E-state index in [0.29, 0.717) is 12.3 Å². The Balaban J connectivity index is 1.38. The van der Waals surface area contributed by atoms with Crippen molar-refractivity contribution in [2.24, 2.45) is 0 Å². The van der Waals surface area contributed by atoms with E-state index in [0.717, 1.165) is 37.4 Å². The van der Waals surface area contributed by atoms with Crippen molar-refractivity contribution in [2.45, 2.75) is 37.2 Å². The van der Waals surface area contributed by atoms with Crippen LogP contribution in [0.1, 0.15) is 25.0 Å². The summed E-state index contributed by atoms with van der Waals surface area (Å²) in [5, 5.41) is 8.04. The van der Waals surface area contributed by atoms with Gasteiger partial charge in [-0.15, -0.1) is 16.9 Å². The van der Waals surface area contributed by atoms with Crippen LogP contribution in [-0.2, 0) is 4.79 Å². The lowest BCUT2D eigenvalue weighted by Crippen LogP contribution is -2.42. The summed E-state index contributed by atoms with van der Waals surface area (Å²) in [6, 6.07) is 13.9. The van der Waals surface area contributed by atoms with Crippen molar-refractivity contribution < 1.29 is 9.53 Å². The van der Waals surface area contributed by atoms with E-state index in [1.807, 2.05) is 42.2 Å². The van der Waals surface area contributed by atoms with Crippen LogP contribution in [0.3, 0.4) is 0 Å². The quantitative estimate of drug-likeness (QED) is 0.742. The number of carbonyl (C=O) groups excluding carboxylic acids is 1. The number of likely N-dealkylation sites (tertiary alicyclic amines) is 1. The zero-order valence-electron chi connectivity index (χ0n) is 14.4. The summed E-state index contributed by atoms with van der Waals surface area (Å²) >= 11 is 1.73. The number of benzene rings is 1. The third-order valence-corrected chi connectivity index (χ3v) is 5.20. The monoisotopic (exact) mass is 357 g/mol. The fourth-order valence-electron chi connectivity index (χ4n) is 2.77. The Morgan fingerprint density at radius 2 is 1.92 bits per heavy atom. The molecule has 1 amide bonds. The summed E-state index contributed by atoms with van der Waals surface area (Å²) in [5.74, 6) is 1.62. The second kappa shape index (κ2) is 8.85. The molecule has 0 aliphatic carbocycles. The second-order valence-corrected chi connectivity index (χ2v) is 7.29. The van der Waals surface area contributed by atoms with E-state index >= 15 is 0 Å². The smallest absolute Gasteiger partial charge is 0.233 e. The Morgan fingerprint density at radius 1 is 1.16 bits per heavy atom.